The van der Waals surface area contributed by atoms with E-state index >= 15 is 0 Å². The largest absolute Gasteiger partial charge is 0.378 e. The lowest BCUT2D eigenvalue weighted by molar-refractivity contribution is -0.127. The molecule has 80 valence electrons. The van der Waals surface area contributed by atoms with Gasteiger partial charge in [-0.3, -0.25) is 4.79 Å². The molecule has 0 spiro atoms. The van der Waals surface area contributed by atoms with Crippen molar-refractivity contribution in [1.29, 1.82) is 5.26 Å². The first-order valence-electron chi connectivity index (χ1n) is 4.50. The van der Waals surface area contributed by atoms with E-state index in [0.717, 1.165) is 0 Å². The summed E-state index contributed by atoms with van der Waals surface area (Å²) in [5, 5.41) is 11.3. The Hall–Kier alpha value is -1.08. The van der Waals surface area contributed by atoms with E-state index in [9.17, 15) is 4.79 Å². The summed E-state index contributed by atoms with van der Waals surface area (Å²) in [6.07, 6.45) is 0.245. The predicted octanol–water partition coefficient (Wildman–Crippen LogP) is 1.22. The molecule has 0 saturated heterocycles. The van der Waals surface area contributed by atoms with Crippen molar-refractivity contribution in [1.82, 2.24) is 5.32 Å². The molecule has 4 nitrogen and oxygen atoms in total. The summed E-state index contributed by atoms with van der Waals surface area (Å²) in [5.74, 6) is -0.177. The predicted molar refractivity (Wildman–Crippen MR) is 53.5 cm³/mol. The van der Waals surface area contributed by atoms with Crippen molar-refractivity contribution in [2.45, 2.75) is 45.3 Å². The number of ether oxygens (including phenoxy) is 1. The Labute approximate surface area is 85.2 Å². The third-order valence-corrected chi connectivity index (χ3v) is 1.87. The first-order valence-corrected chi connectivity index (χ1v) is 4.50. The fraction of sp³-hybridized carbons (Fsp3) is 0.800. The third kappa shape index (κ3) is 4.83. The van der Waals surface area contributed by atoms with E-state index in [0.29, 0.717) is 0 Å². The third-order valence-electron chi connectivity index (χ3n) is 1.87. The van der Waals surface area contributed by atoms with Gasteiger partial charge in [-0.1, -0.05) is 0 Å². The topological polar surface area (TPSA) is 62.1 Å². The van der Waals surface area contributed by atoms with E-state index in [-0.39, 0.29) is 12.3 Å². The van der Waals surface area contributed by atoms with Crippen LogP contribution in [0.2, 0.25) is 0 Å². The molecule has 0 atom stereocenters. The number of carbonyl (C=O) groups is 1. The van der Waals surface area contributed by atoms with Crippen molar-refractivity contribution in [3.8, 4) is 6.07 Å². The minimum atomic E-state index is -0.819. The quantitative estimate of drug-likeness (QED) is 0.738. The smallest absolute Gasteiger partial charge is 0.224 e. The molecule has 0 aromatic heterocycles. The highest BCUT2D eigenvalue weighted by Crippen LogP contribution is 2.13. The maximum absolute atomic E-state index is 11.4. The first kappa shape index (κ1) is 12.9. The van der Waals surface area contributed by atoms with Crippen LogP contribution in [-0.2, 0) is 9.53 Å². The second-order valence-electron chi connectivity index (χ2n) is 4.43. The second-order valence-corrected chi connectivity index (χ2v) is 4.43. The van der Waals surface area contributed by atoms with Gasteiger partial charge in [-0.25, -0.2) is 0 Å². The standard InChI is InChI=1S/C10H18N2O2/c1-9(2,7-11)12-8(13)6-10(3,4)14-5/h6H2,1-5H3,(H,12,13). The normalized spacial score (nSPS) is 12.0. The summed E-state index contributed by atoms with van der Waals surface area (Å²) in [4.78, 5) is 11.4. The van der Waals surface area contributed by atoms with Crippen molar-refractivity contribution < 1.29 is 9.53 Å². The van der Waals surface area contributed by atoms with E-state index in [1.54, 1.807) is 21.0 Å². The van der Waals surface area contributed by atoms with Crippen molar-refractivity contribution in [2.75, 3.05) is 7.11 Å². The average molecular weight is 198 g/mol. The van der Waals surface area contributed by atoms with Gasteiger partial charge < -0.3 is 10.1 Å². The Morgan fingerprint density at radius 2 is 1.93 bits per heavy atom. The van der Waals surface area contributed by atoms with Gasteiger partial charge in [-0.15, -0.1) is 0 Å². The number of rotatable bonds is 4. The van der Waals surface area contributed by atoms with Gasteiger partial charge in [0.2, 0.25) is 5.91 Å². The van der Waals surface area contributed by atoms with Crippen LogP contribution in [0.3, 0.4) is 0 Å². The highest BCUT2D eigenvalue weighted by atomic mass is 16.5. The maximum atomic E-state index is 11.4. The SMILES string of the molecule is COC(C)(C)CC(=O)NC(C)(C)C#N. The molecule has 0 unspecified atom stereocenters. The molecule has 0 aliphatic heterocycles. The van der Waals surface area contributed by atoms with E-state index < -0.39 is 11.1 Å². The number of nitrogens with zero attached hydrogens (tertiary/aromatic N) is 1. The molecule has 0 aliphatic rings. The summed E-state index contributed by atoms with van der Waals surface area (Å²) in [5.41, 5.74) is -1.31. The van der Waals surface area contributed by atoms with Gasteiger partial charge in [0.15, 0.2) is 0 Å². The first-order chi connectivity index (χ1) is 6.22. The van der Waals surface area contributed by atoms with Crippen LogP contribution in [0.4, 0.5) is 0 Å². The van der Waals surface area contributed by atoms with Crippen molar-refractivity contribution in [3.05, 3.63) is 0 Å². The van der Waals surface area contributed by atoms with Crippen LogP contribution in [0.25, 0.3) is 0 Å². The summed E-state index contributed by atoms with van der Waals surface area (Å²) in [7, 11) is 1.56. The number of methoxy groups -OCH3 is 1. The lowest BCUT2D eigenvalue weighted by Crippen LogP contribution is -2.44. The molecule has 0 radical (unpaired) electrons. The van der Waals surface area contributed by atoms with E-state index in [2.05, 4.69) is 5.32 Å². The van der Waals surface area contributed by atoms with Gasteiger partial charge in [0.25, 0.3) is 0 Å². The maximum Gasteiger partial charge on any atom is 0.224 e. The molecule has 0 aliphatic carbocycles. The molecular formula is C10H18N2O2. The summed E-state index contributed by atoms with van der Waals surface area (Å²) < 4.78 is 5.11. The number of carbonyl (C=O) groups excluding carboxylic acids is 1. The number of hydrogen-bond donors (Lipinski definition) is 1. The van der Waals surface area contributed by atoms with Gasteiger partial charge >= 0.3 is 0 Å². The number of amides is 1. The van der Waals surface area contributed by atoms with E-state index in [4.69, 9.17) is 10.00 Å². The summed E-state index contributed by atoms with van der Waals surface area (Å²) >= 11 is 0. The van der Waals surface area contributed by atoms with Crippen LogP contribution in [0.15, 0.2) is 0 Å². The molecule has 4 heteroatoms. The van der Waals surface area contributed by atoms with Gasteiger partial charge in [0, 0.05) is 7.11 Å². The molecule has 0 saturated carbocycles. The molecule has 1 N–H and O–H groups in total. The van der Waals surface area contributed by atoms with Gasteiger partial charge in [-0.2, -0.15) is 5.26 Å². The molecule has 0 aromatic rings. The number of nitriles is 1. The average Bonchev–Trinajstić information content (AvgIpc) is 2.02. The minimum Gasteiger partial charge on any atom is -0.378 e. The lowest BCUT2D eigenvalue weighted by Gasteiger charge is -2.24. The molecule has 0 heterocycles. The Morgan fingerprint density at radius 3 is 2.29 bits per heavy atom. The summed E-state index contributed by atoms with van der Waals surface area (Å²) in [6, 6.07) is 2.00. The van der Waals surface area contributed by atoms with Crippen LogP contribution >= 0.6 is 0 Å². The zero-order chi connectivity index (χ0) is 11.4. The number of hydrogen-bond acceptors (Lipinski definition) is 3. The minimum absolute atomic E-state index is 0.177. The van der Waals surface area contributed by atoms with Gasteiger partial charge in [-0.05, 0) is 27.7 Å². The fourth-order valence-electron chi connectivity index (χ4n) is 0.880. The van der Waals surface area contributed by atoms with Gasteiger partial charge in [0.05, 0.1) is 18.1 Å². The van der Waals surface area contributed by atoms with Crippen LogP contribution in [0.5, 0.6) is 0 Å². The van der Waals surface area contributed by atoms with E-state index in [1.807, 2.05) is 19.9 Å². The van der Waals surface area contributed by atoms with Crippen molar-refractivity contribution in [2.24, 2.45) is 0 Å². The van der Waals surface area contributed by atoms with Crippen LogP contribution < -0.4 is 5.32 Å². The highest BCUT2D eigenvalue weighted by Gasteiger charge is 2.25. The van der Waals surface area contributed by atoms with Gasteiger partial charge in [0.1, 0.15) is 5.54 Å². The molecule has 0 aromatic carbocycles. The molecule has 0 bridgehead atoms. The molecule has 0 fully saturated rings. The zero-order valence-electron chi connectivity index (χ0n) is 9.47. The molecule has 1 amide bonds. The Balaban J connectivity index is 4.21. The summed E-state index contributed by atoms with van der Waals surface area (Å²) in [6.45, 7) is 6.97. The van der Waals surface area contributed by atoms with Crippen molar-refractivity contribution >= 4 is 5.91 Å². The Morgan fingerprint density at radius 1 is 1.43 bits per heavy atom. The Bertz CT molecular complexity index is 251. The second kappa shape index (κ2) is 4.43. The van der Waals surface area contributed by atoms with Crippen LogP contribution in [-0.4, -0.2) is 24.2 Å². The molecule has 14 heavy (non-hydrogen) atoms. The number of nitrogens with one attached hydrogen (secondary N) is 1. The highest BCUT2D eigenvalue weighted by molar-refractivity contribution is 5.78. The monoisotopic (exact) mass is 198 g/mol. The zero-order valence-corrected chi connectivity index (χ0v) is 9.47. The van der Waals surface area contributed by atoms with Crippen LogP contribution in [0, 0.1) is 11.3 Å². The molecule has 0 rings (SSSR count). The Kier molecular flexibility index (Phi) is 4.08. The van der Waals surface area contributed by atoms with Crippen LogP contribution in [0.1, 0.15) is 34.1 Å². The van der Waals surface area contributed by atoms with E-state index in [1.165, 1.54) is 0 Å². The van der Waals surface area contributed by atoms with Crippen molar-refractivity contribution in [3.63, 3.8) is 0 Å². The fourth-order valence-corrected chi connectivity index (χ4v) is 0.880. The lowest BCUT2D eigenvalue weighted by atomic mass is 10.0. The molecular weight excluding hydrogens is 180 g/mol.